The van der Waals surface area contributed by atoms with Crippen LogP contribution >= 0.6 is 11.8 Å². The predicted octanol–water partition coefficient (Wildman–Crippen LogP) is 2.98. The van der Waals surface area contributed by atoms with Gasteiger partial charge in [0.05, 0.1) is 6.61 Å². The first kappa shape index (κ1) is 15.8. The van der Waals surface area contributed by atoms with Crippen molar-refractivity contribution >= 4 is 17.7 Å². The van der Waals surface area contributed by atoms with Crippen LogP contribution in [0.3, 0.4) is 0 Å². The lowest BCUT2D eigenvalue weighted by Gasteiger charge is -2.31. The average Bonchev–Trinajstić information content (AvgIpc) is 3.00. The fourth-order valence-corrected chi connectivity index (χ4v) is 3.62. The topological polar surface area (TPSA) is 38.3 Å². The highest BCUT2D eigenvalue weighted by Gasteiger charge is 2.40. The van der Waals surface area contributed by atoms with Crippen LogP contribution in [-0.2, 0) is 9.53 Å². The van der Waals surface area contributed by atoms with Gasteiger partial charge in [-0.1, -0.05) is 20.8 Å². The lowest BCUT2D eigenvalue weighted by Crippen LogP contribution is -2.53. The minimum atomic E-state index is -0.529. The van der Waals surface area contributed by atoms with Gasteiger partial charge in [0.25, 0.3) is 0 Å². The Kier molecular flexibility index (Phi) is 5.99. The number of hydrogen-bond acceptors (Lipinski definition) is 4. The van der Waals surface area contributed by atoms with Gasteiger partial charge in [-0.2, -0.15) is 11.8 Å². The van der Waals surface area contributed by atoms with Crippen LogP contribution in [0.2, 0.25) is 0 Å². The molecule has 0 bridgehead atoms. The fraction of sp³-hybridized carbons (Fsp3) is 0.929. The highest BCUT2D eigenvalue weighted by molar-refractivity contribution is 8.00. The van der Waals surface area contributed by atoms with Crippen molar-refractivity contribution in [2.45, 2.75) is 76.0 Å². The molecule has 0 saturated heterocycles. The van der Waals surface area contributed by atoms with Crippen LogP contribution in [0.1, 0.15) is 53.9 Å². The van der Waals surface area contributed by atoms with Crippen LogP contribution in [0.5, 0.6) is 0 Å². The quantitative estimate of drug-likeness (QED) is 0.690. The summed E-state index contributed by atoms with van der Waals surface area (Å²) in [5.74, 6) is -0.104. The Balaban J connectivity index is 2.60. The maximum absolute atomic E-state index is 12.2. The molecule has 1 aliphatic rings. The lowest BCUT2D eigenvalue weighted by molar-refractivity contribution is -0.150. The third-order valence-electron chi connectivity index (χ3n) is 3.03. The summed E-state index contributed by atoms with van der Waals surface area (Å²) in [4.78, 5) is 12.2. The van der Waals surface area contributed by atoms with Gasteiger partial charge in [-0.15, -0.1) is 0 Å². The van der Waals surface area contributed by atoms with Gasteiger partial charge >= 0.3 is 5.97 Å². The summed E-state index contributed by atoms with van der Waals surface area (Å²) < 4.78 is 5.23. The lowest BCUT2D eigenvalue weighted by atomic mass is 9.95. The zero-order chi connectivity index (χ0) is 13.8. The van der Waals surface area contributed by atoms with Gasteiger partial charge in [0, 0.05) is 11.3 Å². The molecular weight excluding hydrogens is 246 g/mol. The second-order valence-corrected chi connectivity index (χ2v) is 7.69. The molecule has 2 unspecified atom stereocenters. The largest absolute Gasteiger partial charge is 0.465 e. The van der Waals surface area contributed by atoms with E-state index in [4.69, 9.17) is 4.74 Å². The van der Waals surface area contributed by atoms with Gasteiger partial charge in [0.2, 0.25) is 0 Å². The van der Waals surface area contributed by atoms with Gasteiger partial charge in [0.1, 0.15) is 5.54 Å². The highest BCUT2D eigenvalue weighted by atomic mass is 32.2. The van der Waals surface area contributed by atoms with Crippen LogP contribution in [0.25, 0.3) is 0 Å². The van der Waals surface area contributed by atoms with E-state index in [9.17, 15) is 4.79 Å². The second kappa shape index (κ2) is 6.80. The van der Waals surface area contributed by atoms with Crippen molar-refractivity contribution in [3.05, 3.63) is 0 Å². The molecule has 0 aromatic carbocycles. The number of nitrogens with one attached hydrogen (secondary N) is 1. The van der Waals surface area contributed by atoms with Crippen molar-refractivity contribution in [1.29, 1.82) is 0 Å². The molecular formula is C14H27NO2S. The summed E-state index contributed by atoms with van der Waals surface area (Å²) in [6.45, 7) is 10.9. The molecule has 4 heteroatoms. The van der Waals surface area contributed by atoms with E-state index in [1.807, 2.05) is 25.6 Å². The molecule has 1 rings (SSSR count). The molecule has 3 nitrogen and oxygen atoms in total. The molecule has 0 aromatic rings. The fourth-order valence-electron chi connectivity index (χ4n) is 2.26. The van der Waals surface area contributed by atoms with E-state index in [0.29, 0.717) is 23.1 Å². The Bertz CT molecular complexity index is 279. The van der Waals surface area contributed by atoms with Gasteiger partial charge < -0.3 is 4.74 Å². The van der Waals surface area contributed by atoms with Crippen molar-refractivity contribution in [2.75, 3.05) is 6.61 Å². The zero-order valence-corrected chi connectivity index (χ0v) is 13.1. The van der Waals surface area contributed by atoms with Gasteiger partial charge in [-0.3, -0.25) is 10.1 Å². The number of esters is 1. The number of thioether (sulfide) groups is 1. The summed E-state index contributed by atoms with van der Waals surface area (Å²) in [5.41, 5.74) is -0.529. The molecule has 0 aliphatic heterocycles. The number of rotatable bonds is 8. The molecule has 0 radical (unpaired) electrons. The van der Waals surface area contributed by atoms with Gasteiger partial charge in [-0.05, 0) is 38.4 Å². The standard InChI is InChI=1S/C14H27NO2S/c1-6-17-13(16)14(5,15-12-7-8-12)9-11(4)18-10(2)3/h10-12,15H,6-9H2,1-5H3. The van der Waals surface area contributed by atoms with E-state index in [2.05, 4.69) is 26.1 Å². The van der Waals surface area contributed by atoms with Crippen molar-refractivity contribution < 1.29 is 9.53 Å². The first-order valence-electron chi connectivity index (χ1n) is 6.97. The molecule has 2 atom stereocenters. The third-order valence-corrected chi connectivity index (χ3v) is 4.20. The van der Waals surface area contributed by atoms with Crippen LogP contribution in [-0.4, -0.2) is 34.7 Å². The molecule has 0 heterocycles. The first-order chi connectivity index (χ1) is 8.37. The third kappa shape index (κ3) is 5.19. The van der Waals surface area contributed by atoms with E-state index < -0.39 is 5.54 Å². The van der Waals surface area contributed by atoms with Crippen molar-refractivity contribution in [3.63, 3.8) is 0 Å². The molecule has 0 amide bonds. The smallest absolute Gasteiger partial charge is 0.326 e. The second-order valence-electron chi connectivity index (χ2n) is 5.67. The predicted molar refractivity (Wildman–Crippen MR) is 78.0 cm³/mol. The normalized spacial score (nSPS) is 20.6. The Hall–Kier alpha value is -0.220. The van der Waals surface area contributed by atoms with Crippen molar-refractivity contribution in [3.8, 4) is 0 Å². The van der Waals surface area contributed by atoms with Gasteiger partial charge in [0.15, 0.2) is 0 Å². The number of hydrogen-bond donors (Lipinski definition) is 1. The average molecular weight is 273 g/mol. The Labute approximate surface area is 115 Å². The summed E-state index contributed by atoms with van der Waals surface area (Å²) in [6.07, 6.45) is 3.19. The van der Waals surface area contributed by atoms with Crippen LogP contribution < -0.4 is 5.32 Å². The van der Waals surface area contributed by atoms with Crippen LogP contribution in [0.15, 0.2) is 0 Å². The van der Waals surface area contributed by atoms with Crippen molar-refractivity contribution in [1.82, 2.24) is 5.32 Å². The first-order valence-corrected chi connectivity index (χ1v) is 7.92. The number of ether oxygens (including phenoxy) is 1. The molecule has 1 N–H and O–H groups in total. The summed E-state index contributed by atoms with van der Waals surface area (Å²) >= 11 is 1.92. The Morgan fingerprint density at radius 3 is 2.50 bits per heavy atom. The van der Waals surface area contributed by atoms with Crippen LogP contribution in [0.4, 0.5) is 0 Å². The molecule has 1 saturated carbocycles. The Morgan fingerprint density at radius 2 is 2.06 bits per heavy atom. The molecule has 18 heavy (non-hydrogen) atoms. The number of carbonyl (C=O) groups is 1. The maximum Gasteiger partial charge on any atom is 0.326 e. The number of carbonyl (C=O) groups excluding carboxylic acids is 1. The molecule has 1 fully saturated rings. The monoisotopic (exact) mass is 273 g/mol. The summed E-state index contributed by atoms with van der Waals surface area (Å²) in [6, 6.07) is 0.510. The van der Waals surface area contributed by atoms with E-state index >= 15 is 0 Å². The summed E-state index contributed by atoms with van der Waals surface area (Å²) in [5, 5.41) is 4.51. The minimum Gasteiger partial charge on any atom is -0.465 e. The van der Waals surface area contributed by atoms with E-state index in [-0.39, 0.29) is 5.97 Å². The maximum atomic E-state index is 12.2. The molecule has 1 aliphatic carbocycles. The minimum absolute atomic E-state index is 0.104. The SMILES string of the molecule is CCOC(=O)C(C)(CC(C)SC(C)C)NC1CC1. The van der Waals surface area contributed by atoms with Gasteiger partial charge in [-0.25, -0.2) is 0 Å². The molecule has 106 valence electrons. The van der Waals surface area contributed by atoms with E-state index in [1.165, 1.54) is 12.8 Å². The Morgan fingerprint density at radius 1 is 1.44 bits per heavy atom. The molecule has 0 aromatic heterocycles. The molecule has 0 spiro atoms. The summed E-state index contributed by atoms with van der Waals surface area (Å²) in [7, 11) is 0. The van der Waals surface area contributed by atoms with Crippen molar-refractivity contribution in [2.24, 2.45) is 0 Å². The van der Waals surface area contributed by atoms with E-state index in [1.54, 1.807) is 0 Å². The van der Waals surface area contributed by atoms with Crippen LogP contribution in [0, 0.1) is 0 Å². The zero-order valence-electron chi connectivity index (χ0n) is 12.3. The highest BCUT2D eigenvalue weighted by Crippen LogP contribution is 2.30. The van der Waals surface area contributed by atoms with E-state index in [0.717, 1.165) is 6.42 Å².